The zero-order chi connectivity index (χ0) is 22.8. The highest BCUT2D eigenvalue weighted by atomic mass is 16.5. The Balaban J connectivity index is 1.63. The first-order valence-electron chi connectivity index (χ1n) is 10.5. The van der Waals surface area contributed by atoms with Crippen molar-refractivity contribution in [2.24, 2.45) is 0 Å². The average molecular weight is 443 g/mol. The lowest BCUT2D eigenvalue weighted by molar-refractivity contribution is 0.0290. The minimum Gasteiger partial charge on any atom is -0.497 e. The van der Waals surface area contributed by atoms with Crippen LogP contribution in [0.5, 0.6) is 11.5 Å². The van der Waals surface area contributed by atoms with Crippen LogP contribution in [0.4, 0.5) is 10.5 Å². The summed E-state index contributed by atoms with van der Waals surface area (Å²) in [6.07, 6.45) is 3.29. The molecule has 3 rings (SSSR count). The summed E-state index contributed by atoms with van der Waals surface area (Å²) in [6, 6.07) is 11.0. The van der Waals surface area contributed by atoms with Crippen LogP contribution < -0.4 is 14.8 Å². The molecule has 1 fully saturated rings. The molecule has 1 aliphatic heterocycles. The first kappa shape index (κ1) is 23.6. The summed E-state index contributed by atoms with van der Waals surface area (Å²) in [5.41, 5.74) is 3.04. The van der Waals surface area contributed by atoms with Crippen molar-refractivity contribution in [3.8, 4) is 11.5 Å². The van der Waals surface area contributed by atoms with Crippen molar-refractivity contribution in [3.63, 3.8) is 0 Å². The van der Waals surface area contributed by atoms with Crippen LogP contribution in [0.25, 0.3) is 12.2 Å². The second kappa shape index (κ2) is 12.1. The Labute approximate surface area is 188 Å². The van der Waals surface area contributed by atoms with Crippen LogP contribution in [0, 0.1) is 0 Å². The van der Waals surface area contributed by atoms with Gasteiger partial charge >= 0.3 is 6.09 Å². The molecule has 0 unspecified atom stereocenters. The van der Waals surface area contributed by atoms with Gasteiger partial charge in [-0.15, -0.1) is 0 Å². The summed E-state index contributed by atoms with van der Waals surface area (Å²) in [5, 5.41) is 12.2. The Morgan fingerprint density at radius 2 is 1.88 bits per heavy atom. The number of methoxy groups -OCH3 is 2. The van der Waals surface area contributed by atoms with E-state index in [9.17, 15) is 9.90 Å². The SMILES string of the molecule is COc1cc(C=Cc2ccc(OC)c(NC(=O)OCCN3CCOCC3)c2)cc(CO)c1. The number of morpholine rings is 1. The molecule has 0 saturated carbocycles. The molecule has 172 valence electrons. The quantitative estimate of drug-likeness (QED) is 0.576. The zero-order valence-corrected chi connectivity index (χ0v) is 18.5. The molecule has 32 heavy (non-hydrogen) atoms. The summed E-state index contributed by atoms with van der Waals surface area (Å²) in [7, 11) is 3.14. The number of nitrogens with one attached hydrogen (secondary N) is 1. The Bertz CT molecular complexity index is 902. The molecular formula is C24H30N2O6. The van der Waals surface area contributed by atoms with E-state index < -0.39 is 6.09 Å². The summed E-state index contributed by atoms with van der Waals surface area (Å²) in [5.74, 6) is 1.21. The van der Waals surface area contributed by atoms with Gasteiger partial charge in [0.1, 0.15) is 18.1 Å². The molecule has 0 radical (unpaired) electrons. The van der Waals surface area contributed by atoms with Crippen LogP contribution in [0.3, 0.4) is 0 Å². The molecule has 1 aliphatic rings. The third-order valence-corrected chi connectivity index (χ3v) is 5.08. The molecule has 1 amide bonds. The summed E-state index contributed by atoms with van der Waals surface area (Å²) in [6.45, 7) is 4.02. The van der Waals surface area contributed by atoms with Gasteiger partial charge in [0.15, 0.2) is 0 Å². The van der Waals surface area contributed by atoms with Crippen molar-refractivity contribution in [2.45, 2.75) is 6.61 Å². The Hall–Kier alpha value is -3.07. The highest BCUT2D eigenvalue weighted by molar-refractivity contribution is 5.88. The summed E-state index contributed by atoms with van der Waals surface area (Å²) in [4.78, 5) is 14.5. The van der Waals surface area contributed by atoms with Gasteiger partial charge in [0.2, 0.25) is 0 Å². The number of aliphatic hydroxyl groups excluding tert-OH is 1. The maximum Gasteiger partial charge on any atom is 0.411 e. The van der Waals surface area contributed by atoms with Gasteiger partial charge in [0, 0.05) is 19.6 Å². The Kier molecular flexibility index (Phi) is 8.91. The lowest BCUT2D eigenvalue weighted by atomic mass is 10.1. The lowest BCUT2D eigenvalue weighted by Crippen LogP contribution is -2.38. The number of amides is 1. The van der Waals surface area contributed by atoms with Crippen LogP contribution in [0.2, 0.25) is 0 Å². The van der Waals surface area contributed by atoms with E-state index in [1.165, 1.54) is 0 Å². The Morgan fingerprint density at radius 3 is 2.59 bits per heavy atom. The van der Waals surface area contributed by atoms with E-state index in [4.69, 9.17) is 18.9 Å². The maximum absolute atomic E-state index is 12.3. The number of benzene rings is 2. The minimum absolute atomic E-state index is 0.0672. The monoisotopic (exact) mass is 442 g/mol. The molecule has 2 aromatic carbocycles. The van der Waals surface area contributed by atoms with Crippen molar-refractivity contribution < 1.29 is 28.8 Å². The van der Waals surface area contributed by atoms with Crippen molar-refractivity contribution >= 4 is 23.9 Å². The van der Waals surface area contributed by atoms with E-state index in [-0.39, 0.29) is 6.61 Å². The topological polar surface area (TPSA) is 89.5 Å². The Morgan fingerprint density at radius 1 is 1.09 bits per heavy atom. The van der Waals surface area contributed by atoms with Gasteiger partial charge in [0.25, 0.3) is 0 Å². The van der Waals surface area contributed by atoms with Gasteiger partial charge < -0.3 is 24.1 Å². The van der Waals surface area contributed by atoms with E-state index in [0.29, 0.717) is 43.6 Å². The van der Waals surface area contributed by atoms with Gasteiger partial charge in [-0.25, -0.2) is 4.79 Å². The van der Waals surface area contributed by atoms with Crippen molar-refractivity contribution in [2.75, 3.05) is 59.0 Å². The average Bonchev–Trinajstić information content (AvgIpc) is 2.83. The van der Waals surface area contributed by atoms with Gasteiger partial charge in [-0.3, -0.25) is 10.2 Å². The second-order valence-corrected chi connectivity index (χ2v) is 7.28. The zero-order valence-electron chi connectivity index (χ0n) is 18.5. The fourth-order valence-electron chi connectivity index (χ4n) is 3.35. The molecule has 0 aromatic heterocycles. The van der Waals surface area contributed by atoms with Crippen molar-refractivity contribution in [3.05, 3.63) is 53.1 Å². The van der Waals surface area contributed by atoms with Gasteiger partial charge in [-0.2, -0.15) is 0 Å². The number of anilines is 1. The van der Waals surface area contributed by atoms with Crippen LogP contribution >= 0.6 is 0 Å². The standard InChI is InChI=1S/C24H30N2O6/c1-29-21-14-19(13-20(15-21)17-27)4-3-18-5-6-23(30-2)22(16-18)25-24(28)32-12-9-26-7-10-31-11-8-26/h3-6,13-16,27H,7-12,17H2,1-2H3,(H,25,28). The molecule has 0 spiro atoms. The molecule has 2 aromatic rings. The number of hydrogen-bond donors (Lipinski definition) is 2. The first-order valence-corrected chi connectivity index (χ1v) is 10.5. The van der Waals surface area contributed by atoms with E-state index in [2.05, 4.69) is 10.2 Å². The number of hydrogen-bond acceptors (Lipinski definition) is 7. The number of carbonyl (C=O) groups is 1. The van der Waals surface area contributed by atoms with Crippen LogP contribution in [0.15, 0.2) is 36.4 Å². The fourth-order valence-corrected chi connectivity index (χ4v) is 3.35. The van der Waals surface area contributed by atoms with Gasteiger partial charge in [-0.05, 0) is 47.0 Å². The van der Waals surface area contributed by atoms with Crippen LogP contribution in [-0.4, -0.2) is 69.8 Å². The third-order valence-electron chi connectivity index (χ3n) is 5.08. The third kappa shape index (κ3) is 6.98. The van der Waals surface area contributed by atoms with E-state index in [0.717, 1.165) is 29.8 Å². The van der Waals surface area contributed by atoms with Crippen LogP contribution in [-0.2, 0) is 16.1 Å². The number of ether oxygens (including phenoxy) is 4. The van der Waals surface area contributed by atoms with E-state index in [1.54, 1.807) is 26.4 Å². The molecule has 8 heteroatoms. The number of carbonyl (C=O) groups excluding carboxylic acids is 1. The number of rotatable bonds is 9. The van der Waals surface area contributed by atoms with E-state index >= 15 is 0 Å². The van der Waals surface area contributed by atoms with E-state index in [1.807, 2.05) is 36.4 Å². The highest BCUT2D eigenvalue weighted by Crippen LogP contribution is 2.27. The molecule has 1 saturated heterocycles. The lowest BCUT2D eigenvalue weighted by Gasteiger charge is -2.26. The molecular weight excluding hydrogens is 412 g/mol. The first-order chi connectivity index (χ1) is 15.6. The van der Waals surface area contributed by atoms with Gasteiger partial charge in [0.05, 0.1) is 39.7 Å². The molecule has 8 nitrogen and oxygen atoms in total. The normalized spacial score (nSPS) is 14.3. The number of aliphatic hydroxyl groups is 1. The molecule has 0 aliphatic carbocycles. The maximum atomic E-state index is 12.3. The largest absolute Gasteiger partial charge is 0.497 e. The highest BCUT2D eigenvalue weighted by Gasteiger charge is 2.12. The minimum atomic E-state index is -0.530. The van der Waals surface area contributed by atoms with Crippen molar-refractivity contribution in [1.29, 1.82) is 0 Å². The van der Waals surface area contributed by atoms with Gasteiger partial charge in [-0.1, -0.05) is 18.2 Å². The predicted octanol–water partition coefficient (Wildman–Crippen LogP) is 3.25. The summed E-state index contributed by atoms with van der Waals surface area (Å²) < 4.78 is 21.3. The molecule has 0 bridgehead atoms. The molecule has 1 heterocycles. The second-order valence-electron chi connectivity index (χ2n) is 7.28. The van der Waals surface area contributed by atoms with Crippen LogP contribution in [0.1, 0.15) is 16.7 Å². The summed E-state index contributed by atoms with van der Waals surface area (Å²) >= 11 is 0. The molecule has 0 atom stereocenters. The smallest absolute Gasteiger partial charge is 0.411 e. The van der Waals surface area contributed by atoms with Crippen molar-refractivity contribution in [1.82, 2.24) is 4.90 Å². The molecule has 2 N–H and O–H groups in total. The predicted molar refractivity (Wildman–Crippen MR) is 123 cm³/mol. The number of nitrogens with zero attached hydrogens (tertiary/aromatic N) is 1. The fraction of sp³-hybridized carbons (Fsp3) is 0.375.